The molecule has 0 bridgehead atoms. The molecule has 0 saturated carbocycles. The number of thioether (sulfide) groups is 1. The van der Waals surface area contributed by atoms with Crippen molar-refractivity contribution in [2.45, 2.75) is 56.1 Å². The fourth-order valence-electron chi connectivity index (χ4n) is 4.34. The number of nitrogens with one attached hydrogen (secondary N) is 1. The van der Waals surface area contributed by atoms with Crippen LogP contribution in [0.4, 0.5) is 0 Å². The summed E-state index contributed by atoms with van der Waals surface area (Å²) in [7, 11) is 0. The van der Waals surface area contributed by atoms with Gasteiger partial charge in [-0.05, 0) is 70.2 Å². The summed E-state index contributed by atoms with van der Waals surface area (Å²) in [6.07, 6.45) is 4.37. The van der Waals surface area contributed by atoms with Crippen molar-refractivity contribution in [1.29, 1.82) is 0 Å². The highest BCUT2D eigenvalue weighted by molar-refractivity contribution is 7.98. The molecule has 1 heterocycles. The van der Waals surface area contributed by atoms with E-state index < -0.39 is 0 Å². The molecular weight excluding hydrogens is 388 g/mol. The number of hydrogen-bond donors (Lipinski definition) is 1. The zero-order chi connectivity index (χ0) is 20.3. The Labute approximate surface area is 177 Å². The van der Waals surface area contributed by atoms with Crippen molar-refractivity contribution >= 4 is 29.3 Å². The van der Waals surface area contributed by atoms with E-state index in [9.17, 15) is 4.79 Å². The summed E-state index contributed by atoms with van der Waals surface area (Å²) in [5.41, 5.74) is 1.53. The van der Waals surface area contributed by atoms with E-state index in [1.807, 2.05) is 36.6 Å². The van der Waals surface area contributed by atoms with E-state index in [0.29, 0.717) is 16.6 Å². The average Bonchev–Trinajstić information content (AvgIpc) is 3.13. The molecule has 0 aliphatic carbocycles. The quantitative estimate of drug-likeness (QED) is 0.604. The third-order valence-electron chi connectivity index (χ3n) is 5.81. The SMILES string of the molecule is CSc1ccc(Cl)cc1C(=O)NC(c1ccccc1)C(C)(C)N1CCCC1C. The lowest BCUT2D eigenvalue weighted by molar-refractivity contribution is 0.0631. The maximum absolute atomic E-state index is 13.3. The van der Waals surface area contributed by atoms with Gasteiger partial charge in [0.25, 0.3) is 5.91 Å². The maximum Gasteiger partial charge on any atom is 0.253 e. The number of hydrogen-bond acceptors (Lipinski definition) is 3. The van der Waals surface area contributed by atoms with Gasteiger partial charge in [-0.3, -0.25) is 9.69 Å². The van der Waals surface area contributed by atoms with Gasteiger partial charge in [0.2, 0.25) is 0 Å². The number of halogens is 1. The molecule has 150 valence electrons. The summed E-state index contributed by atoms with van der Waals surface area (Å²) in [4.78, 5) is 16.8. The van der Waals surface area contributed by atoms with E-state index in [1.165, 1.54) is 12.8 Å². The fraction of sp³-hybridized carbons (Fsp3) is 0.435. The van der Waals surface area contributed by atoms with Gasteiger partial charge in [0.05, 0.1) is 11.6 Å². The van der Waals surface area contributed by atoms with Gasteiger partial charge in [-0.15, -0.1) is 11.8 Å². The normalized spacial score (nSPS) is 18.8. The zero-order valence-electron chi connectivity index (χ0n) is 17.0. The molecule has 1 N–H and O–H groups in total. The number of rotatable bonds is 6. The minimum atomic E-state index is -0.217. The number of amides is 1. The van der Waals surface area contributed by atoms with E-state index in [1.54, 1.807) is 17.8 Å². The number of carbonyl (C=O) groups excluding carboxylic acids is 1. The summed E-state index contributed by atoms with van der Waals surface area (Å²) >= 11 is 7.75. The number of likely N-dealkylation sites (tertiary alicyclic amines) is 1. The highest BCUT2D eigenvalue weighted by Crippen LogP contribution is 2.37. The second-order valence-electron chi connectivity index (χ2n) is 8.00. The van der Waals surface area contributed by atoms with Crippen molar-refractivity contribution < 1.29 is 4.79 Å². The van der Waals surface area contributed by atoms with E-state index in [-0.39, 0.29) is 17.5 Å². The molecule has 2 unspecified atom stereocenters. The lowest BCUT2D eigenvalue weighted by atomic mass is 9.86. The summed E-state index contributed by atoms with van der Waals surface area (Å²) in [6.45, 7) is 7.81. The molecular formula is C23H29ClN2OS. The van der Waals surface area contributed by atoms with Crippen LogP contribution in [0.2, 0.25) is 5.02 Å². The van der Waals surface area contributed by atoms with E-state index in [0.717, 1.165) is 17.0 Å². The van der Waals surface area contributed by atoms with Crippen molar-refractivity contribution in [3.05, 3.63) is 64.7 Å². The zero-order valence-corrected chi connectivity index (χ0v) is 18.6. The van der Waals surface area contributed by atoms with Gasteiger partial charge in [-0.1, -0.05) is 41.9 Å². The van der Waals surface area contributed by atoms with Crippen LogP contribution in [0.3, 0.4) is 0 Å². The first-order chi connectivity index (χ1) is 13.3. The third-order valence-corrected chi connectivity index (χ3v) is 6.85. The molecule has 0 spiro atoms. The molecule has 2 atom stereocenters. The molecule has 0 radical (unpaired) electrons. The van der Waals surface area contributed by atoms with Crippen LogP contribution in [-0.4, -0.2) is 35.2 Å². The van der Waals surface area contributed by atoms with Crippen LogP contribution in [0.15, 0.2) is 53.4 Å². The predicted octanol–water partition coefficient (Wildman–Crippen LogP) is 5.80. The Morgan fingerprint density at radius 1 is 1.25 bits per heavy atom. The van der Waals surface area contributed by atoms with Gasteiger partial charge in [0.15, 0.2) is 0 Å². The smallest absolute Gasteiger partial charge is 0.253 e. The standard InChI is InChI=1S/C23H29ClN2OS/c1-16-9-8-14-26(16)23(2,3)21(17-10-6-5-7-11-17)25-22(27)19-15-18(24)12-13-20(19)28-4/h5-7,10-13,15-16,21H,8-9,14H2,1-4H3,(H,25,27). The van der Waals surface area contributed by atoms with Gasteiger partial charge in [0.1, 0.15) is 0 Å². The van der Waals surface area contributed by atoms with E-state index in [2.05, 4.69) is 43.1 Å². The largest absolute Gasteiger partial charge is 0.343 e. The molecule has 0 aromatic heterocycles. The second kappa shape index (κ2) is 8.89. The first-order valence-electron chi connectivity index (χ1n) is 9.80. The topological polar surface area (TPSA) is 32.3 Å². The second-order valence-corrected chi connectivity index (χ2v) is 9.28. The number of carbonyl (C=O) groups is 1. The number of nitrogens with zero attached hydrogens (tertiary/aromatic N) is 1. The highest BCUT2D eigenvalue weighted by Gasteiger charge is 2.41. The Morgan fingerprint density at radius 2 is 1.96 bits per heavy atom. The molecule has 1 amide bonds. The molecule has 2 aromatic carbocycles. The van der Waals surface area contributed by atoms with Crippen LogP contribution >= 0.6 is 23.4 Å². The molecule has 28 heavy (non-hydrogen) atoms. The first kappa shape index (κ1) is 21.2. The Kier molecular flexibility index (Phi) is 6.74. The minimum absolute atomic E-state index is 0.0828. The van der Waals surface area contributed by atoms with Crippen LogP contribution in [0, 0.1) is 0 Å². The van der Waals surface area contributed by atoms with Gasteiger partial charge in [-0.25, -0.2) is 0 Å². The molecule has 1 fully saturated rings. The summed E-state index contributed by atoms with van der Waals surface area (Å²) in [5.74, 6) is -0.0828. The maximum atomic E-state index is 13.3. The van der Waals surface area contributed by atoms with Gasteiger partial charge >= 0.3 is 0 Å². The van der Waals surface area contributed by atoms with E-state index in [4.69, 9.17) is 11.6 Å². The van der Waals surface area contributed by atoms with Crippen molar-refractivity contribution in [3.63, 3.8) is 0 Å². The van der Waals surface area contributed by atoms with Crippen LogP contribution in [-0.2, 0) is 0 Å². The summed E-state index contributed by atoms with van der Waals surface area (Å²) < 4.78 is 0. The third kappa shape index (κ3) is 4.40. The van der Waals surface area contributed by atoms with Crippen molar-refractivity contribution in [2.75, 3.05) is 12.8 Å². The average molecular weight is 417 g/mol. The molecule has 1 saturated heterocycles. The van der Waals surface area contributed by atoms with Crippen LogP contribution in [0.25, 0.3) is 0 Å². The monoisotopic (exact) mass is 416 g/mol. The minimum Gasteiger partial charge on any atom is -0.343 e. The number of benzene rings is 2. The first-order valence-corrected chi connectivity index (χ1v) is 11.4. The van der Waals surface area contributed by atoms with Crippen LogP contribution < -0.4 is 5.32 Å². The van der Waals surface area contributed by atoms with Gasteiger partial charge < -0.3 is 5.32 Å². The summed E-state index contributed by atoms with van der Waals surface area (Å²) in [6, 6.07) is 16.1. The van der Waals surface area contributed by atoms with Crippen molar-refractivity contribution in [3.8, 4) is 0 Å². The Balaban J connectivity index is 1.97. The molecule has 1 aliphatic rings. The highest BCUT2D eigenvalue weighted by atomic mass is 35.5. The van der Waals surface area contributed by atoms with Gasteiger partial charge in [-0.2, -0.15) is 0 Å². The van der Waals surface area contributed by atoms with E-state index >= 15 is 0 Å². The summed E-state index contributed by atoms with van der Waals surface area (Å²) in [5, 5.41) is 3.91. The van der Waals surface area contributed by atoms with Crippen LogP contribution in [0.1, 0.15) is 55.6 Å². The Hall–Kier alpha value is -1.49. The predicted molar refractivity (Wildman–Crippen MR) is 119 cm³/mol. The Bertz CT molecular complexity index is 825. The van der Waals surface area contributed by atoms with Crippen LogP contribution in [0.5, 0.6) is 0 Å². The molecule has 3 nitrogen and oxygen atoms in total. The van der Waals surface area contributed by atoms with Gasteiger partial charge in [0, 0.05) is 21.5 Å². The fourth-order valence-corrected chi connectivity index (χ4v) is 5.08. The Morgan fingerprint density at radius 3 is 2.57 bits per heavy atom. The molecule has 3 rings (SSSR count). The lowest BCUT2D eigenvalue weighted by Crippen LogP contribution is -2.54. The van der Waals surface area contributed by atoms with Crippen molar-refractivity contribution in [2.24, 2.45) is 0 Å². The lowest BCUT2D eigenvalue weighted by Gasteiger charge is -2.45. The molecule has 5 heteroatoms. The molecule has 2 aromatic rings. The van der Waals surface area contributed by atoms with Crippen molar-refractivity contribution in [1.82, 2.24) is 10.2 Å². The molecule has 1 aliphatic heterocycles.